The summed E-state index contributed by atoms with van der Waals surface area (Å²) in [6, 6.07) is 0. The first-order valence-corrected chi connectivity index (χ1v) is 13.9. The second-order valence-electron chi connectivity index (χ2n) is 14.5. The smallest absolute Gasteiger partial charge is 0.310 e. The van der Waals surface area contributed by atoms with Crippen molar-refractivity contribution in [2.75, 3.05) is 0 Å². The van der Waals surface area contributed by atoms with Crippen LogP contribution in [0.4, 0.5) is 0 Å². The Kier molecular flexibility index (Phi) is 5.15. The van der Waals surface area contributed by atoms with Crippen molar-refractivity contribution in [3.05, 3.63) is 11.6 Å². The summed E-state index contributed by atoms with van der Waals surface area (Å²) in [5.74, 6) is 1.71. The third-order valence-electron chi connectivity index (χ3n) is 13.2. The van der Waals surface area contributed by atoms with Crippen molar-refractivity contribution in [1.29, 1.82) is 0 Å². The van der Waals surface area contributed by atoms with E-state index in [0.717, 1.165) is 44.9 Å². The van der Waals surface area contributed by atoms with Gasteiger partial charge < -0.3 is 10.2 Å². The summed E-state index contributed by atoms with van der Waals surface area (Å²) < 4.78 is 0. The number of carbonyl (C=O) groups is 1. The van der Waals surface area contributed by atoms with Crippen LogP contribution in [0.2, 0.25) is 0 Å². The van der Waals surface area contributed by atoms with E-state index in [2.05, 4.69) is 54.5 Å². The third kappa shape index (κ3) is 2.75. The number of carboxylic acid groups (broad SMARTS) is 1. The number of hydrogen-bond donors (Lipinski definition) is 2. The summed E-state index contributed by atoms with van der Waals surface area (Å²) in [7, 11) is 0. The third-order valence-corrected chi connectivity index (χ3v) is 13.2. The minimum atomic E-state index is -0.649. The van der Waals surface area contributed by atoms with Crippen LogP contribution in [0.3, 0.4) is 0 Å². The maximum atomic E-state index is 13.5. The van der Waals surface area contributed by atoms with Gasteiger partial charge in [0.15, 0.2) is 0 Å². The molecular weight excluding hydrogens is 408 g/mol. The topological polar surface area (TPSA) is 57.5 Å². The Balaban J connectivity index is 1.65. The van der Waals surface area contributed by atoms with Crippen LogP contribution in [0.1, 0.15) is 106 Å². The molecule has 3 heteroatoms. The van der Waals surface area contributed by atoms with Crippen molar-refractivity contribution in [3.63, 3.8) is 0 Å². The highest BCUT2D eigenvalue weighted by Crippen LogP contribution is 2.76. The van der Waals surface area contributed by atoms with E-state index in [9.17, 15) is 15.0 Å². The van der Waals surface area contributed by atoms with Crippen LogP contribution in [0.15, 0.2) is 11.6 Å². The first-order chi connectivity index (χ1) is 15.3. The van der Waals surface area contributed by atoms with E-state index < -0.39 is 11.4 Å². The lowest BCUT2D eigenvalue weighted by molar-refractivity contribution is -0.212. The molecule has 10 atom stereocenters. The number of fused-ring (bicyclic) bond motifs is 7. The molecule has 2 N–H and O–H groups in total. The maximum Gasteiger partial charge on any atom is 0.310 e. The van der Waals surface area contributed by atoms with E-state index in [0.29, 0.717) is 23.7 Å². The molecule has 186 valence electrons. The van der Waals surface area contributed by atoms with Gasteiger partial charge in [0.05, 0.1) is 11.5 Å². The van der Waals surface area contributed by atoms with E-state index in [1.807, 2.05) is 0 Å². The van der Waals surface area contributed by atoms with Crippen molar-refractivity contribution < 1.29 is 15.0 Å². The molecule has 0 heterocycles. The van der Waals surface area contributed by atoms with Crippen LogP contribution in [0, 0.1) is 56.7 Å². The van der Waals surface area contributed by atoms with Gasteiger partial charge in [0.1, 0.15) is 0 Å². The molecule has 5 aliphatic rings. The number of aliphatic carboxylic acids is 1. The molecule has 0 saturated heterocycles. The fraction of sp³-hybridized carbons (Fsp3) is 0.900. The SMILES string of the molecule is CC1CCC2(C)CCC3(C)C4=CCC5C(C)(C)C(O)CCC5(C)C4CCC3(C(=O)O)C2C1C. The Hall–Kier alpha value is -0.830. The average Bonchev–Trinajstić information content (AvgIpc) is 2.74. The van der Waals surface area contributed by atoms with Crippen LogP contribution < -0.4 is 0 Å². The Morgan fingerprint density at radius 1 is 0.939 bits per heavy atom. The van der Waals surface area contributed by atoms with Crippen molar-refractivity contribution in [2.24, 2.45) is 56.7 Å². The molecule has 0 amide bonds. The molecule has 0 bridgehead atoms. The molecule has 0 radical (unpaired) electrons. The predicted molar refractivity (Wildman–Crippen MR) is 133 cm³/mol. The molecule has 0 spiro atoms. The van der Waals surface area contributed by atoms with E-state index in [-0.39, 0.29) is 33.7 Å². The van der Waals surface area contributed by atoms with Gasteiger partial charge in [-0.05, 0) is 104 Å². The van der Waals surface area contributed by atoms with E-state index in [1.54, 1.807) is 0 Å². The monoisotopic (exact) mass is 456 g/mol. The van der Waals surface area contributed by atoms with Gasteiger partial charge in [-0.25, -0.2) is 0 Å². The van der Waals surface area contributed by atoms with Gasteiger partial charge in [0.2, 0.25) is 0 Å². The highest BCUT2D eigenvalue weighted by atomic mass is 16.4. The summed E-state index contributed by atoms with van der Waals surface area (Å²) in [5.41, 5.74) is 0.807. The zero-order valence-corrected chi connectivity index (χ0v) is 22.2. The standard InChI is InChI=1S/C30H48O3/c1-18-10-13-27(5)16-17-29(7)21-8-9-22-26(3,4)23(31)12-14-28(22,6)20(21)11-15-30(29,25(32)33)24(27)19(18)2/h8,18-20,22-24,31H,9-17H2,1-7H3,(H,32,33). The molecule has 5 aliphatic carbocycles. The molecule has 0 aromatic heterocycles. The van der Waals surface area contributed by atoms with Gasteiger partial charge in [0.25, 0.3) is 0 Å². The van der Waals surface area contributed by atoms with Crippen LogP contribution in [0.25, 0.3) is 0 Å². The van der Waals surface area contributed by atoms with Gasteiger partial charge in [0, 0.05) is 5.41 Å². The maximum absolute atomic E-state index is 13.5. The van der Waals surface area contributed by atoms with Crippen molar-refractivity contribution >= 4 is 5.97 Å². The summed E-state index contributed by atoms with van der Waals surface area (Å²) in [6.45, 7) is 16.5. The molecule has 0 aromatic rings. The molecule has 4 saturated carbocycles. The Bertz CT molecular complexity index is 874. The lowest BCUT2D eigenvalue weighted by atomic mass is 9.33. The summed E-state index contributed by atoms with van der Waals surface area (Å²) in [6.07, 6.45) is 11.6. The van der Waals surface area contributed by atoms with Crippen LogP contribution in [-0.4, -0.2) is 22.3 Å². The lowest BCUT2D eigenvalue weighted by Crippen LogP contribution is -2.67. The number of aliphatic hydroxyl groups excluding tert-OH is 1. The van der Waals surface area contributed by atoms with Crippen LogP contribution in [0.5, 0.6) is 0 Å². The molecule has 3 nitrogen and oxygen atoms in total. The van der Waals surface area contributed by atoms with Gasteiger partial charge in [-0.3, -0.25) is 4.79 Å². The second-order valence-corrected chi connectivity index (χ2v) is 14.5. The Morgan fingerprint density at radius 3 is 2.30 bits per heavy atom. The largest absolute Gasteiger partial charge is 0.481 e. The van der Waals surface area contributed by atoms with Gasteiger partial charge in [-0.1, -0.05) is 60.1 Å². The van der Waals surface area contributed by atoms with E-state index in [4.69, 9.17) is 0 Å². The molecule has 10 unspecified atom stereocenters. The number of aliphatic hydroxyl groups is 1. The molecule has 33 heavy (non-hydrogen) atoms. The lowest BCUT2D eigenvalue weighted by Gasteiger charge is -2.70. The van der Waals surface area contributed by atoms with E-state index in [1.165, 1.54) is 18.4 Å². The number of carboxylic acids is 1. The number of hydrogen-bond acceptors (Lipinski definition) is 2. The highest BCUT2D eigenvalue weighted by Gasteiger charge is 2.72. The second kappa shape index (κ2) is 7.11. The molecule has 0 aliphatic heterocycles. The zero-order valence-electron chi connectivity index (χ0n) is 22.2. The van der Waals surface area contributed by atoms with Crippen molar-refractivity contribution in [1.82, 2.24) is 0 Å². The molecular formula is C30H48O3. The number of rotatable bonds is 1. The summed E-state index contributed by atoms with van der Waals surface area (Å²) in [4.78, 5) is 13.5. The first kappa shape index (κ1) is 23.9. The summed E-state index contributed by atoms with van der Waals surface area (Å²) >= 11 is 0. The predicted octanol–water partition coefficient (Wildman–Crippen LogP) is 7.09. The number of allylic oxidation sites excluding steroid dienone is 2. The van der Waals surface area contributed by atoms with Crippen LogP contribution in [-0.2, 0) is 4.79 Å². The average molecular weight is 457 g/mol. The van der Waals surface area contributed by atoms with Crippen LogP contribution >= 0.6 is 0 Å². The molecule has 0 aromatic carbocycles. The minimum absolute atomic E-state index is 0.0876. The van der Waals surface area contributed by atoms with Gasteiger partial charge in [-0.15, -0.1) is 0 Å². The summed E-state index contributed by atoms with van der Waals surface area (Å²) in [5, 5.41) is 21.9. The fourth-order valence-electron chi connectivity index (χ4n) is 10.9. The normalized spacial score (nSPS) is 55.3. The quantitative estimate of drug-likeness (QED) is 0.414. The van der Waals surface area contributed by atoms with Crippen molar-refractivity contribution in [2.45, 2.75) is 112 Å². The first-order valence-electron chi connectivity index (χ1n) is 13.9. The zero-order chi connectivity index (χ0) is 24.2. The fourth-order valence-corrected chi connectivity index (χ4v) is 10.9. The van der Waals surface area contributed by atoms with Crippen molar-refractivity contribution in [3.8, 4) is 0 Å². The Morgan fingerprint density at radius 2 is 1.64 bits per heavy atom. The van der Waals surface area contributed by atoms with Gasteiger partial charge >= 0.3 is 5.97 Å². The highest BCUT2D eigenvalue weighted by molar-refractivity contribution is 5.78. The molecule has 4 fully saturated rings. The Labute approximate surface area is 201 Å². The van der Waals surface area contributed by atoms with E-state index >= 15 is 0 Å². The minimum Gasteiger partial charge on any atom is -0.481 e. The van der Waals surface area contributed by atoms with Gasteiger partial charge in [-0.2, -0.15) is 0 Å². The molecule has 5 rings (SSSR count).